The van der Waals surface area contributed by atoms with Crippen LogP contribution in [0.15, 0.2) is 48.5 Å². The van der Waals surface area contributed by atoms with Gasteiger partial charge in [-0.3, -0.25) is 4.79 Å². The second-order valence-electron chi connectivity index (χ2n) is 4.57. The van der Waals surface area contributed by atoms with E-state index in [9.17, 15) is 14.0 Å². The standard InChI is InChI=1S/C16H14FNO3/c1-18(2)16(20)21-15-12(9-6-10-13(15)17)14(19)11-7-4-3-5-8-11/h3-10H,1-2H3. The number of amides is 1. The van der Waals surface area contributed by atoms with Crippen molar-refractivity contribution in [1.29, 1.82) is 0 Å². The predicted octanol–water partition coefficient (Wildman–Crippen LogP) is 3.12. The van der Waals surface area contributed by atoms with Crippen molar-refractivity contribution in [2.75, 3.05) is 14.1 Å². The zero-order valence-electron chi connectivity index (χ0n) is 11.7. The van der Waals surface area contributed by atoms with Gasteiger partial charge in [-0.1, -0.05) is 36.4 Å². The molecule has 0 heterocycles. The molecule has 0 unspecified atom stereocenters. The molecule has 2 aromatic carbocycles. The number of carbonyl (C=O) groups is 2. The van der Waals surface area contributed by atoms with E-state index in [0.717, 1.165) is 11.0 Å². The van der Waals surface area contributed by atoms with Crippen LogP contribution in [0.2, 0.25) is 0 Å². The first-order valence-electron chi connectivity index (χ1n) is 6.28. The number of nitrogens with zero attached hydrogens (tertiary/aromatic N) is 1. The van der Waals surface area contributed by atoms with Crippen LogP contribution in [-0.4, -0.2) is 30.9 Å². The van der Waals surface area contributed by atoms with Crippen LogP contribution in [0, 0.1) is 5.82 Å². The summed E-state index contributed by atoms with van der Waals surface area (Å²) in [5.41, 5.74) is 0.404. The van der Waals surface area contributed by atoms with Gasteiger partial charge in [0.05, 0.1) is 5.56 Å². The van der Waals surface area contributed by atoms with E-state index < -0.39 is 17.7 Å². The summed E-state index contributed by atoms with van der Waals surface area (Å²) < 4.78 is 18.9. The lowest BCUT2D eigenvalue weighted by molar-refractivity contribution is 0.103. The lowest BCUT2D eigenvalue weighted by Gasteiger charge is -2.14. The predicted molar refractivity (Wildman–Crippen MR) is 76.0 cm³/mol. The van der Waals surface area contributed by atoms with E-state index in [1.807, 2.05) is 0 Å². The number of hydrogen-bond donors (Lipinski definition) is 0. The van der Waals surface area contributed by atoms with E-state index in [1.54, 1.807) is 30.3 Å². The van der Waals surface area contributed by atoms with Crippen molar-refractivity contribution in [3.8, 4) is 5.75 Å². The van der Waals surface area contributed by atoms with Crippen LogP contribution in [0.1, 0.15) is 15.9 Å². The van der Waals surface area contributed by atoms with Crippen LogP contribution in [0.5, 0.6) is 5.75 Å². The third-order valence-electron chi connectivity index (χ3n) is 2.80. The molecule has 21 heavy (non-hydrogen) atoms. The van der Waals surface area contributed by atoms with Gasteiger partial charge in [0.1, 0.15) is 0 Å². The van der Waals surface area contributed by atoms with Crippen molar-refractivity contribution >= 4 is 11.9 Å². The largest absolute Gasteiger partial charge is 0.414 e. The van der Waals surface area contributed by atoms with E-state index in [0.29, 0.717) is 5.56 Å². The van der Waals surface area contributed by atoms with Crippen molar-refractivity contribution in [2.24, 2.45) is 0 Å². The van der Waals surface area contributed by atoms with Crippen LogP contribution in [0.25, 0.3) is 0 Å². The molecule has 0 fully saturated rings. The highest BCUT2D eigenvalue weighted by molar-refractivity contribution is 6.11. The third kappa shape index (κ3) is 3.25. The molecule has 1 amide bonds. The Labute approximate surface area is 121 Å². The fourth-order valence-corrected chi connectivity index (χ4v) is 1.72. The maximum atomic E-state index is 13.9. The number of carbonyl (C=O) groups excluding carboxylic acids is 2. The fraction of sp³-hybridized carbons (Fsp3) is 0.125. The Kier molecular flexibility index (Phi) is 4.33. The fourth-order valence-electron chi connectivity index (χ4n) is 1.72. The summed E-state index contributed by atoms with van der Waals surface area (Å²) in [6.07, 6.45) is -0.748. The highest BCUT2D eigenvalue weighted by atomic mass is 19.1. The second-order valence-corrected chi connectivity index (χ2v) is 4.57. The molecule has 108 valence electrons. The minimum atomic E-state index is -0.757. The van der Waals surface area contributed by atoms with Gasteiger partial charge in [0.2, 0.25) is 0 Å². The zero-order valence-corrected chi connectivity index (χ0v) is 11.7. The van der Waals surface area contributed by atoms with Crippen molar-refractivity contribution in [3.05, 3.63) is 65.5 Å². The molecular weight excluding hydrogens is 273 g/mol. The van der Waals surface area contributed by atoms with Crippen molar-refractivity contribution in [2.45, 2.75) is 0 Å². The molecule has 0 spiro atoms. The molecule has 0 saturated carbocycles. The van der Waals surface area contributed by atoms with Gasteiger partial charge in [-0.05, 0) is 12.1 Å². The van der Waals surface area contributed by atoms with E-state index in [-0.39, 0.29) is 11.3 Å². The number of ether oxygens (including phenoxy) is 1. The van der Waals surface area contributed by atoms with Crippen molar-refractivity contribution < 1.29 is 18.7 Å². The summed E-state index contributed by atoms with van der Waals surface area (Å²) in [6, 6.07) is 12.4. The SMILES string of the molecule is CN(C)C(=O)Oc1c(F)cccc1C(=O)c1ccccc1. The average Bonchev–Trinajstić information content (AvgIpc) is 2.49. The molecule has 0 radical (unpaired) electrons. The Morgan fingerprint density at radius 2 is 1.67 bits per heavy atom. The molecule has 4 nitrogen and oxygen atoms in total. The van der Waals surface area contributed by atoms with Crippen molar-refractivity contribution in [1.82, 2.24) is 4.90 Å². The van der Waals surface area contributed by atoms with E-state index in [4.69, 9.17) is 4.74 Å². The Bertz CT molecular complexity index is 668. The van der Waals surface area contributed by atoms with Gasteiger partial charge < -0.3 is 9.64 Å². The van der Waals surface area contributed by atoms with Crippen molar-refractivity contribution in [3.63, 3.8) is 0 Å². The first-order valence-corrected chi connectivity index (χ1v) is 6.28. The highest BCUT2D eigenvalue weighted by Gasteiger charge is 2.21. The molecule has 0 aliphatic heterocycles. The van der Waals surface area contributed by atoms with Gasteiger partial charge in [-0.25, -0.2) is 9.18 Å². The first-order chi connectivity index (χ1) is 10.0. The van der Waals surface area contributed by atoms with Gasteiger partial charge in [0.15, 0.2) is 17.3 Å². The quantitative estimate of drug-likeness (QED) is 0.815. The third-order valence-corrected chi connectivity index (χ3v) is 2.80. The Morgan fingerprint density at radius 3 is 2.29 bits per heavy atom. The summed E-state index contributed by atoms with van der Waals surface area (Å²) in [6.45, 7) is 0. The molecular formula is C16H14FNO3. The Hall–Kier alpha value is -2.69. The lowest BCUT2D eigenvalue weighted by atomic mass is 10.0. The van der Waals surface area contributed by atoms with E-state index in [1.165, 1.54) is 26.2 Å². The summed E-state index contributed by atoms with van der Waals surface area (Å²) >= 11 is 0. The second kappa shape index (κ2) is 6.17. The molecule has 0 aliphatic rings. The summed E-state index contributed by atoms with van der Waals surface area (Å²) in [5, 5.41) is 0. The van der Waals surface area contributed by atoms with Crippen LogP contribution < -0.4 is 4.74 Å². The first kappa shape index (κ1) is 14.7. The molecule has 0 saturated heterocycles. The number of benzene rings is 2. The molecule has 5 heteroatoms. The minimum absolute atomic E-state index is 0.0106. The molecule has 0 bridgehead atoms. The summed E-state index contributed by atoms with van der Waals surface area (Å²) in [5.74, 6) is -1.52. The topological polar surface area (TPSA) is 46.6 Å². The van der Waals surface area contributed by atoms with Crippen LogP contribution in [0.3, 0.4) is 0 Å². The zero-order chi connectivity index (χ0) is 15.4. The smallest absolute Gasteiger partial charge is 0.406 e. The molecule has 2 rings (SSSR count). The summed E-state index contributed by atoms with van der Waals surface area (Å²) in [7, 11) is 2.95. The van der Waals surface area contributed by atoms with Gasteiger partial charge >= 0.3 is 6.09 Å². The summed E-state index contributed by atoms with van der Waals surface area (Å²) in [4.78, 5) is 25.2. The molecule has 0 atom stereocenters. The lowest BCUT2D eigenvalue weighted by Crippen LogP contribution is -2.26. The molecule has 0 N–H and O–H groups in total. The maximum absolute atomic E-state index is 13.9. The van der Waals surface area contributed by atoms with E-state index in [2.05, 4.69) is 0 Å². The molecule has 2 aromatic rings. The maximum Gasteiger partial charge on any atom is 0.414 e. The number of hydrogen-bond acceptors (Lipinski definition) is 3. The Balaban J connectivity index is 2.42. The van der Waals surface area contributed by atoms with Crippen LogP contribution in [0.4, 0.5) is 9.18 Å². The molecule has 0 aliphatic carbocycles. The molecule has 0 aromatic heterocycles. The Morgan fingerprint density at radius 1 is 1.00 bits per heavy atom. The monoisotopic (exact) mass is 287 g/mol. The van der Waals surface area contributed by atoms with Crippen LogP contribution in [-0.2, 0) is 0 Å². The number of para-hydroxylation sites is 1. The van der Waals surface area contributed by atoms with Gasteiger partial charge in [-0.2, -0.15) is 0 Å². The van der Waals surface area contributed by atoms with Gasteiger partial charge in [-0.15, -0.1) is 0 Å². The highest BCUT2D eigenvalue weighted by Crippen LogP contribution is 2.25. The van der Waals surface area contributed by atoms with E-state index >= 15 is 0 Å². The van der Waals surface area contributed by atoms with Gasteiger partial charge in [0.25, 0.3) is 0 Å². The van der Waals surface area contributed by atoms with Crippen LogP contribution >= 0.6 is 0 Å². The van der Waals surface area contributed by atoms with Gasteiger partial charge in [0, 0.05) is 19.7 Å². The average molecular weight is 287 g/mol. The number of halogens is 1. The minimum Gasteiger partial charge on any atom is -0.406 e. The number of rotatable bonds is 3. The number of ketones is 1. The normalized spacial score (nSPS) is 10.0.